The third kappa shape index (κ3) is 2.15. The monoisotopic (exact) mass is 255 g/mol. The lowest BCUT2D eigenvalue weighted by Crippen LogP contribution is -2.04. The van der Waals surface area contributed by atoms with Gasteiger partial charge in [-0.2, -0.15) is 0 Å². The number of fused-ring (bicyclic) bond motifs is 1. The molecule has 0 fully saturated rings. The largest absolute Gasteiger partial charge is 0.454 e. The average Bonchev–Trinajstić information content (AvgIpc) is 2.71. The Balaban J connectivity index is 2.65. The van der Waals surface area contributed by atoms with Crippen LogP contribution in [0.2, 0.25) is 0 Å². The SMILES string of the molecule is CS(=O)(=O)c1c(CN=C=O)ccc2c1OCO2. The first kappa shape index (κ1) is 11.6. The van der Waals surface area contributed by atoms with Crippen molar-refractivity contribution in [2.24, 2.45) is 4.99 Å². The molecule has 0 unspecified atom stereocenters. The van der Waals surface area contributed by atoms with Gasteiger partial charge < -0.3 is 9.47 Å². The van der Waals surface area contributed by atoms with Gasteiger partial charge in [-0.1, -0.05) is 6.07 Å². The van der Waals surface area contributed by atoms with Crippen molar-refractivity contribution in [3.05, 3.63) is 17.7 Å². The summed E-state index contributed by atoms with van der Waals surface area (Å²) in [4.78, 5) is 13.5. The number of nitrogens with zero attached hydrogens (tertiary/aromatic N) is 1. The maximum absolute atomic E-state index is 11.7. The van der Waals surface area contributed by atoms with E-state index < -0.39 is 9.84 Å². The number of ether oxygens (including phenoxy) is 2. The molecule has 0 saturated carbocycles. The van der Waals surface area contributed by atoms with Gasteiger partial charge in [0.25, 0.3) is 0 Å². The van der Waals surface area contributed by atoms with Crippen LogP contribution in [0, 0.1) is 0 Å². The molecule has 17 heavy (non-hydrogen) atoms. The van der Waals surface area contributed by atoms with Gasteiger partial charge in [0, 0.05) is 6.26 Å². The maximum atomic E-state index is 11.7. The van der Waals surface area contributed by atoms with E-state index in [0.717, 1.165) is 6.26 Å². The summed E-state index contributed by atoms with van der Waals surface area (Å²) in [6, 6.07) is 3.14. The van der Waals surface area contributed by atoms with Gasteiger partial charge in [0.1, 0.15) is 4.90 Å². The van der Waals surface area contributed by atoms with Crippen molar-refractivity contribution in [1.29, 1.82) is 0 Å². The van der Waals surface area contributed by atoms with Crippen LogP contribution in [-0.2, 0) is 21.2 Å². The van der Waals surface area contributed by atoms with E-state index in [-0.39, 0.29) is 24.0 Å². The van der Waals surface area contributed by atoms with Crippen molar-refractivity contribution < 1.29 is 22.7 Å². The highest BCUT2D eigenvalue weighted by Gasteiger charge is 2.26. The molecule has 6 nitrogen and oxygen atoms in total. The zero-order valence-electron chi connectivity index (χ0n) is 8.97. The molecule has 0 saturated heterocycles. The predicted octanol–water partition coefficient (Wildman–Crippen LogP) is 0.655. The Morgan fingerprint density at radius 3 is 2.82 bits per heavy atom. The Labute approximate surface area is 97.8 Å². The molecular formula is C10H9NO5S. The predicted molar refractivity (Wildman–Crippen MR) is 57.5 cm³/mol. The topological polar surface area (TPSA) is 82.0 Å². The van der Waals surface area contributed by atoms with E-state index in [1.54, 1.807) is 12.1 Å². The smallest absolute Gasteiger partial charge is 0.235 e. The molecule has 0 spiro atoms. The molecule has 0 bridgehead atoms. The van der Waals surface area contributed by atoms with Gasteiger partial charge in [-0.15, -0.1) is 0 Å². The number of isocyanates is 1. The fourth-order valence-electron chi connectivity index (χ4n) is 1.64. The van der Waals surface area contributed by atoms with Crippen LogP contribution >= 0.6 is 0 Å². The van der Waals surface area contributed by atoms with Crippen molar-refractivity contribution in [3.63, 3.8) is 0 Å². The number of hydrogen-bond donors (Lipinski definition) is 0. The van der Waals surface area contributed by atoms with E-state index in [1.165, 1.54) is 6.08 Å². The van der Waals surface area contributed by atoms with Crippen molar-refractivity contribution in [1.82, 2.24) is 0 Å². The number of sulfone groups is 1. The van der Waals surface area contributed by atoms with Crippen LogP contribution in [0.5, 0.6) is 11.5 Å². The molecule has 90 valence electrons. The van der Waals surface area contributed by atoms with Crippen molar-refractivity contribution in [2.75, 3.05) is 13.0 Å². The Bertz CT molecular complexity index is 601. The Morgan fingerprint density at radius 2 is 2.18 bits per heavy atom. The molecule has 0 N–H and O–H groups in total. The second-order valence-corrected chi connectivity index (χ2v) is 5.42. The molecule has 7 heteroatoms. The van der Waals surface area contributed by atoms with Crippen molar-refractivity contribution >= 4 is 15.9 Å². The number of benzene rings is 1. The second-order valence-electron chi connectivity index (χ2n) is 3.47. The molecule has 1 heterocycles. The molecule has 2 rings (SSSR count). The zero-order chi connectivity index (χ0) is 12.5. The van der Waals surface area contributed by atoms with Crippen LogP contribution in [0.15, 0.2) is 22.0 Å². The number of rotatable bonds is 3. The molecule has 0 radical (unpaired) electrons. The van der Waals surface area contributed by atoms with Crippen LogP contribution in [0.3, 0.4) is 0 Å². The van der Waals surface area contributed by atoms with Gasteiger partial charge in [-0.05, 0) is 11.6 Å². The minimum absolute atomic E-state index is 0.0156. The molecule has 1 aromatic rings. The van der Waals surface area contributed by atoms with Gasteiger partial charge in [0.2, 0.25) is 12.9 Å². The third-order valence-electron chi connectivity index (χ3n) is 2.26. The van der Waals surface area contributed by atoms with Crippen molar-refractivity contribution in [3.8, 4) is 11.5 Å². The molecule has 0 atom stereocenters. The summed E-state index contributed by atoms with van der Waals surface area (Å²) in [5, 5.41) is 0. The summed E-state index contributed by atoms with van der Waals surface area (Å²) in [7, 11) is -3.48. The van der Waals surface area contributed by atoms with E-state index in [9.17, 15) is 13.2 Å². The van der Waals surface area contributed by atoms with Crippen LogP contribution < -0.4 is 9.47 Å². The van der Waals surface area contributed by atoms with Gasteiger partial charge in [0.15, 0.2) is 21.3 Å². The normalized spacial score (nSPS) is 13.2. The highest BCUT2D eigenvalue weighted by atomic mass is 32.2. The summed E-state index contributed by atoms with van der Waals surface area (Å²) in [5.41, 5.74) is 0.389. The van der Waals surface area contributed by atoms with Gasteiger partial charge in [0.05, 0.1) is 6.54 Å². The first-order chi connectivity index (χ1) is 8.04. The molecule has 0 aliphatic carbocycles. The lowest BCUT2D eigenvalue weighted by atomic mass is 10.2. The summed E-state index contributed by atoms with van der Waals surface area (Å²) in [6.07, 6.45) is 2.44. The molecular weight excluding hydrogens is 246 g/mol. The van der Waals surface area contributed by atoms with Gasteiger partial charge in [-0.3, -0.25) is 0 Å². The van der Waals surface area contributed by atoms with E-state index in [2.05, 4.69) is 4.99 Å². The molecule has 1 aliphatic rings. The number of aliphatic imine (C=N–C) groups is 1. The molecule has 1 aliphatic heterocycles. The van der Waals surface area contributed by atoms with Gasteiger partial charge in [-0.25, -0.2) is 18.2 Å². The fraction of sp³-hybridized carbons (Fsp3) is 0.300. The second kappa shape index (κ2) is 4.20. The number of carbonyl (C=O) groups excluding carboxylic acids is 1. The fourth-order valence-corrected chi connectivity index (χ4v) is 2.74. The standard InChI is InChI=1S/C10H9NO5S/c1-17(13,14)10-7(4-11-5-12)2-3-8-9(10)16-6-15-8/h2-3H,4,6H2,1H3. The van der Waals surface area contributed by atoms with Crippen LogP contribution in [-0.4, -0.2) is 27.5 Å². The lowest BCUT2D eigenvalue weighted by Gasteiger charge is -2.08. The first-order valence-electron chi connectivity index (χ1n) is 4.69. The van der Waals surface area contributed by atoms with Crippen molar-refractivity contribution in [2.45, 2.75) is 11.4 Å². The van der Waals surface area contributed by atoms with E-state index >= 15 is 0 Å². The molecule has 1 aromatic carbocycles. The van der Waals surface area contributed by atoms with Gasteiger partial charge >= 0.3 is 0 Å². The number of hydrogen-bond acceptors (Lipinski definition) is 6. The minimum atomic E-state index is -3.48. The van der Waals surface area contributed by atoms with E-state index in [1.807, 2.05) is 0 Å². The third-order valence-corrected chi connectivity index (χ3v) is 3.45. The van der Waals surface area contributed by atoms with E-state index in [0.29, 0.717) is 11.3 Å². The maximum Gasteiger partial charge on any atom is 0.235 e. The molecule has 0 amide bonds. The summed E-state index contributed by atoms with van der Waals surface area (Å²) < 4.78 is 33.6. The van der Waals surface area contributed by atoms with Crippen LogP contribution in [0.25, 0.3) is 0 Å². The highest BCUT2D eigenvalue weighted by molar-refractivity contribution is 7.90. The summed E-state index contributed by atoms with van der Waals surface area (Å²) in [5.74, 6) is 0.565. The molecule has 0 aromatic heterocycles. The Hall–Kier alpha value is -1.85. The first-order valence-corrected chi connectivity index (χ1v) is 6.58. The van der Waals surface area contributed by atoms with Crippen LogP contribution in [0.4, 0.5) is 0 Å². The zero-order valence-corrected chi connectivity index (χ0v) is 9.78. The highest BCUT2D eigenvalue weighted by Crippen LogP contribution is 2.40. The minimum Gasteiger partial charge on any atom is -0.454 e. The quantitative estimate of drug-likeness (QED) is 0.585. The Morgan fingerprint density at radius 1 is 1.41 bits per heavy atom. The Kier molecular flexibility index (Phi) is 2.87. The lowest BCUT2D eigenvalue weighted by molar-refractivity contribution is 0.172. The summed E-state index contributed by atoms with van der Waals surface area (Å²) >= 11 is 0. The van der Waals surface area contributed by atoms with Crippen LogP contribution in [0.1, 0.15) is 5.56 Å². The van der Waals surface area contributed by atoms with E-state index in [4.69, 9.17) is 9.47 Å². The summed E-state index contributed by atoms with van der Waals surface area (Å²) in [6.45, 7) is -0.0687. The average molecular weight is 255 g/mol.